The maximum atomic E-state index is 12.7. The van der Waals surface area contributed by atoms with Gasteiger partial charge in [0.25, 0.3) is 5.91 Å². The van der Waals surface area contributed by atoms with E-state index in [0.29, 0.717) is 12.6 Å². The number of rotatable bonds is 4. The van der Waals surface area contributed by atoms with Crippen molar-refractivity contribution in [2.75, 3.05) is 0 Å². The minimum Gasteiger partial charge on any atom is -0.329 e. The fourth-order valence-corrected chi connectivity index (χ4v) is 3.62. The highest BCUT2D eigenvalue weighted by atomic mass is 79.9. The van der Waals surface area contributed by atoms with Gasteiger partial charge in [0.05, 0.1) is 20.9 Å². The summed E-state index contributed by atoms with van der Waals surface area (Å²) < 4.78 is 1.04. The van der Waals surface area contributed by atoms with Crippen LogP contribution in [0.1, 0.15) is 33.8 Å². The van der Waals surface area contributed by atoms with Crippen LogP contribution in [0.2, 0.25) is 0 Å². The molecule has 0 atom stereocenters. The Bertz CT molecular complexity index is 603. The summed E-state index contributed by atoms with van der Waals surface area (Å²) in [5.41, 5.74) is 2.06. The molecule has 2 aromatic heterocycles. The van der Waals surface area contributed by atoms with Gasteiger partial charge in [-0.15, -0.1) is 11.3 Å². The van der Waals surface area contributed by atoms with E-state index in [1.165, 1.54) is 11.3 Å². The predicted molar refractivity (Wildman–Crippen MR) is 83.9 cm³/mol. The Morgan fingerprint density at radius 3 is 2.85 bits per heavy atom. The number of carbonyl (C=O) groups is 1. The third kappa shape index (κ3) is 2.94. The third-order valence-electron chi connectivity index (χ3n) is 3.37. The minimum absolute atomic E-state index is 0.122. The summed E-state index contributed by atoms with van der Waals surface area (Å²) in [7, 11) is 0. The summed E-state index contributed by atoms with van der Waals surface area (Å²) in [6.07, 6.45) is 3.98. The number of hydrogen-bond acceptors (Lipinski definition) is 3. The van der Waals surface area contributed by atoms with Crippen molar-refractivity contribution >= 4 is 33.2 Å². The highest BCUT2D eigenvalue weighted by Crippen LogP contribution is 2.33. The van der Waals surface area contributed by atoms with Crippen LogP contribution >= 0.6 is 27.3 Å². The lowest BCUT2D eigenvalue weighted by molar-refractivity contribution is 0.0732. The molecule has 1 fully saturated rings. The molecule has 0 saturated heterocycles. The van der Waals surface area contributed by atoms with Gasteiger partial charge >= 0.3 is 0 Å². The smallest absolute Gasteiger partial charge is 0.264 e. The first-order valence-electron chi connectivity index (χ1n) is 6.62. The average Bonchev–Trinajstić information content (AvgIpc) is 3.23. The zero-order valence-corrected chi connectivity index (χ0v) is 13.6. The van der Waals surface area contributed by atoms with Crippen molar-refractivity contribution in [1.29, 1.82) is 0 Å². The monoisotopic (exact) mass is 350 g/mol. The van der Waals surface area contributed by atoms with Crippen LogP contribution in [0.25, 0.3) is 0 Å². The molecule has 2 heterocycles. The van der Waals surface area contributed by atoms with E-state index < -0.39 is 0 Å². The number of aromatic nitrogens is 1. The first-order chi connectivity index (χ1) is 9.65. The normalized spacial score (nSPS) is 14.3. The molecular weight excluding hydrogens is 336 g/mol. The van der Waals surface area contributed by atoms with Gasteiger partial charge in [0.1, 0.15) is 0 Å². The molecule has 1 aliphatic carbocycles. The minimum atomic E-state index is 0.122. The molecule has 1 amide bonds. The van der Waals surface area contributed by atoms with Gasteiger partial charge in [-0.25, -0.2) is 0 Å². The maximum Gasteiger partial charge on any atom is 0.264 e. The number of amides is 1. The number of aryl methyl sites for hydroxylation is 1. The van der Waals surface area contributed by atoms with Crippen LogP contribution in [-0.4, -0.2) is 21.8 Å². The van der Waals surface area contributed by atoms with Gasteiger partial charge in [0.2, 0.25) is 0 Å². The maximum absolute atomic E-state index is 12.7. The lowest BCUT2D eigenvalue weighted by Crippen LogP contribution is -2.32. The molecular formula is C15H15BrN2OS. The van der Waals surface area contributed by atoms with Gasteiger partial charge in [-0.05, 0) is 59.5 Å². The van der Waals surface area contributed by atoms with Crippen molar-refractivity contribution in [1.82, 2.24) is 9.88 Å². The van der Waals surface area contributed by atoms with Crippen LogP contribution in [-0.2, 0) is 6.54 Å². The van der Waals surface area contributed by atoms with Crippen LogP contribution in [0.15, 0.2) is 34.2 Å². The zero-order chi connectivity index (χ0) is 14.1. The van der Waals surface area contributed by atoms with E-state index in [0.717, 1.165) is 32.8 Å². The summed E-state index contributed by atoms with van der Waals surface area (Å²) >= 11 is 5.00. The first kappa shape index (κ1) is 13.8. The fourth-order valence-electron chi connectivity index (χ4n) is 2.13. The van der Waals surface area contributed by atoms with E-state index in [9.17, 15) is 4.79 Å². The second kappa shape index (κ2) is 5.66. The molecule has 0 aromatic carbocycles. The van der Waals surface area contributed by atoms with Crippen molar-refractivity contribution in [3.63, 3.8) is 0 Å². The standard InChI is InChI=1S/C15H15BrN2OS/c1-10-8-13(20-14(10)16)15(19)18(12-5-6-12)9-11-4-2-3-7-17-11/h2-4,7-8,12H,5-6,9H2,1H3. The second-order valence-corrected chi connectivity index (χ2v) is 7.42. The lowest BCUT2D eigenvalue weighted by Gasteiger charge is -2.21. The summed E-state index contributed by atoms with van der Waals surface area (Å²) in [6, 6.07) is 8.17. The summed E-state index contributed by atoms with van der Waals surface area (Å²) in [5.74, 6) is 0.122. The van der Waals surface area contributed by atoms with Gasteiger partial charge < -0.3 is 4.90 Å². The van der Waals surface area contributed by atoms with Gasteiger partial charge in [0.15, 0.2) is 0 Å². The molecule has 2 aromatic rings. The van der Waals surface area contributed by atoms with Crippen molar-refractivity contribution in [2.24, 2.45) is 0 Å². The molecule has 104 valence electrons. The molecule has 5 heteroatoms. The molecule has 0 aliphatic heterocycles. The number of pyridine rings is 1. The van der Waals surface area contributed by atoms with E-state index >= 15 is 0 Å². The van der Waals surface area contributed by atoms with Gasteiger partial charge in [-0.3, -0.25) is 9.78 Å². The number of hydrogen-bond donors (Lipinski definition) is 0. The van der Waals surface area contributed by atoms with Gasteiger partial charge in [-0.1, -0.05) is 6.07 Å². The van der Waals surface area contributed by atoms with Crippen molar-refractivity contribution in [2.45, 2.75) is 32.4 Å². The number of thiophene rings is 1. The quantitative estimate of drug-likeness (QED) is 0.834. The summed E-state index contributed by atoms with van der Waals surface area (Å²) in [4.78, 5) is 19.8. The molecule has 0 bridgehead atoms. The molecule has 1 saturated carbocycles. The highest BCUT2D eigenvalue weighted by molar-refractivity contribution is 9.11. The topological polar surface area (TPSA) is 33.2 Å². The Hall–Kier alpha value is -1.20. The Morgan fingerprint density at radius 2 is 2.30 bits per heavy atom. The van der Waals surface area contributed by atoms with Crippen molar-refractivity contribution in [3.05, 3.63) is 50.4 Å². The van der Waals surface area contributed by atoms with Crippen LogP contribution < -0.4 is 0 Å². The third-order valence-corrected chi connectivity index (χ3v) is 5.50. The fraction of sp³-hybridized carbons (Fsp3) is 0.333. The Kier molecular flexibility index (Phi) is 3.89. The highest BCUT2D eigenvalue weighted by Gasteiger charge is 2.34. The van der Waals surface area contributed by atoms with Gasteiger partial charge in [-0.2, -0.15) is 0 Å². The van der Waals surface area contributed by atoms with E-state index in [1.54, 1.807) is 6.20 Å². The molecule has 0 radical (unpaired) electrons. The van der Waals surface area contributed by atoms with E-state index in [-0.39, 0.29) is 5.91 Å². The second-order valence-electron chi connectivity index (χ2n) is 5.05. The van der Waals surface area contributed by atoms with Crippen molar-refractivity contribution in [3.8, 4) is 0 Å². The van der Waals surface area contributed by atoms with E-state index in [1.807, 2.05) is 36.1 Å². The molecule has 1 aliphatic rings. The molecule has 0 unspecified atom stereocenters. The van der Waals surface area contributed by atoms with Crippen LogP contribution in [0.3, 0.4) is 0 Å². The van der Waals surface area contributed by atoms with E-state index in [2.05, 4.69) is 20.9 Å². The molecule has 0 N–H and O–H groups in total. The number of halogens is 1. The molecule has 20 heavy (non-hydrogen) atoms. The Labute approximate surface area is 130 Å². The Morgan fingerprint density at radius 1 is 1.50 bits per heavy atom. The molecule has 0 spiro atoms. The zero-order valence-electron chi connectivity index (χ0n) is 11.2. The summed E-state index contributed by atoms with van der Waals surface area (Å²) in [6.45, 7) is 2.61. The summed E-state index contributed by atoms with van der Waals surface area (Å²) in [5, 5.41) is 0. The lowest BCUT2D eigenvalue weighted by atomic mass is 10.3. The van der Waals surface area contributed by atoms with Crippen LogP contribution in [0, 0.1) is 6.92 Å². The number of carbonyl (C=O) groups excluding carboxylic acids is 1. The van der Waals surface area contributed by atoms with Crippen LogP contribution in [0.5, 0.6) is 0 Å². The van der Waals surface area contributed by atoms with Crippen LogP contribution in [0.4, 0.5) is 0 Å². The molecule has 3 rings (SSSR count). The predicted octanol–water partition coefficient (Wildman–Crippen LogP) is 4.02. The first-order valence-corrected chi connectivity index (χ1v) is 8.23. The van der Waals surface area contributed by atoms with Gasteiger partial charge in [0, 0.05) is 12.2 Å². The largest absolute Gasteiger partial charge is 0.329 e. The number of nitrogens with zero attached hydrogens (tertiary/aromatic N) is 2. The Balaban J connectivity index is 1.82. The SMILES string of the molecule is Cc1cc(C(=O)N(Cc2ccccn2)C2CC2)sc1Br. The van der Waals surface area contributed by atoms with Crippen molar-refractivity contribution < 1.29 is 4.79 Å². The van der Waals surface area contributed by atoms with E-state index in [4.69, 9.17) is 0 Å². The average molecular weight is 351 g/mol. The molecule has 3 nitrogen and oxygen atoms in total.